The number of alkyl halides is 1. The molecule has 1 aromatic rings. The van der Waals surface area contributed by atoms with E-state index >= 15 is 0 Å². The van der Waals surface area contributed by atoms with Crippen molar-refractivity contribution >= 4 is 15.9 Å². The highest BCUT2D eigenvalue weighted by Gasteiger charge is 2.24. The largest absolute Gasteiger partial charge is 0.496 e. The van der Waals surface area contributed by atoms with Gasteiger partial charge in [-0.1, -0.05) is 28.8 Å². The summed E-state index contributed by atoms with van der Waals surface area (Å²) in [5.74, 6) is 2.56. The normalized spacial score (nSPS) is 16.2. The van der Waals surface area contributed by atoms with Crippen LogP contribution in [0, 0.1) is 0 Å². The van der Waals surface area contributed by atoms with Gasteiger partial charge in [-0.05, 0) is 36.5 Å². The molecule has 0 bridgehead atoms. The van der Waals surface area contributed by atoms with Crippen LogP contribution in [0.1, 0.15) is 42.7 Å². The van der Waals surface area contributed by atoms with Crippen LogP contribution in [0.2, 0.25) is 0 Å². The maximum Gasteiger partial charge on any atom is 0.126 e. The summed E-state index contributed by atoms with van der Waals surface area (Å²) in [6, 6.07) is 4.23. The minimum absolute atomic E-state index is 0.601. The molecule has 1 aliphatic carbocycles. The highest BCUT2D eigenvalue weighted by Crippen LogP contribution is 2.44. The van der Waals surface area contributed by atoms with Gasteiger partial charge in [0.15, 0.2) is 0 Å². The number of halogens is 1. The van der Waals surface area contributed by atoms with E-state index in [0.29, 0.717) is 5.92 Å². The Morgan fingerprint density at radius 1 is 1.12 bits per heavy atom. The predicted octanol–water partition coefficient (Wildman–Crippen LogP) is 4.26. The lowest BCUT2D eigenvalue weighted by atomic mass is 9.94. The van der Waals surface area contributed by atoms with Crippen LogP contribution >= 0.6 is 15.9 Å². The lowest BCUT2D eigenvalue weighted by Crippen LogP contribution is -2.02. The smallest absolute Gasteiger partial charge is 0.126 e. The average Bonchev–Trinajstić information content (AvgIpc) is 2.90. The average molecular weight is 299 g/mol. The Hall–Kier alpha value is -0.700. The third-order valence-electron chi connectivity index (χ3n) is 3.52. The van der Waals surface area contributed by atoms with E-state index in [4.69, 9.17) is 9.47 Å². The van der Waals surface area contributed by atoms with E-state index in [1.807, 2.05) is 0 Å². The summed E-state index contributed by atoms with van der Waals surface area (Å²) >= 11 is 3.48. The monoisotopic (exact) mass is 298 g/mol. The van der Waals surface area contributed by atoms with Crippen molar-refractivity contribution in [1.29, 1.82) is 0 Å². The first-order chi connectivity index (χ1) is 8.30. The summed E-state index contributed by atoms with van der Waals surface area (Å²) in [6.45, 7) is 0. The molecule has 2 nitrogen and oxygen atoms in total. The molecule has 0 heterocycles. The van der Waals surface area contributed by atoms with Gasteiger partial charge in [0, 0.05) is 10.9 Å². The third-order valence-corrected chi connectivity index (χ3v) is 4.17. The molecule has 1 fully saturated rings. The molecule has 0 spiro atoms. The fraction of sp³-hybridized carbons (Fsp3) is 0.571. The molecular weight excluding hydrogens is 280 g/mol. The lowest BCUT2D eigenvalue weighted by Gasteiger charge is -2.19. The summed E-state index contributed by atoms with van der Waals surface area (Å²) in [6.07, 6.45) is 5.13. The van der Waals surface area contributed by atoms with Crippen LogP contribution in [-0.2, 0) is 5.33 Å². The quantitative estimate of drug-likeness (QED) is 0.774. The van der Waals surface area contributed by atoms with Gasteiger partial charge in [0.2, 0.25) is 0 Å². The van der Waals surface area contributed by atoms with Gasteiger partial charge < -0.3 is 9.47 Å². The van der Waals surface area contributed by atoms with Gasteiger partial charge in [0.25, 0.3) is 0 Å². The fourth-order valence-electron chi connectivity index (χ4n) is 2.69. The molecule has 0 unspecified atom stereocenters. The summed E-state index contributed by atoms with van der Waals surface area (Å²) < 4.78 is 11.1. The first-order valence-corrected chi connectivity index (χ1v) is 7.23. The van der Waals surface area contributed by atoms with Gasteiger partial charge in [-0.15, -0.1) is 0 Å². The Balaban J connectivity index is 2.45. The Morgan fingerprint density at radius 3 is 2.06 bits per heavy atom. The fourth-order valence-corrected chi connectivity index (χ4v) is 3.01. The lowest BCUT2D eigenvalue weighted by molar-refractivity contribution is 0.378. The van der Waals surface area contributed by atoms with Crippen molar-refractivity contribution in [2.24, 2.45) is 0 Å². The molecule has 2 rings (SSSR count). The molecular formula is C14H19BrO2. The van der Waals surface area contributed by atoms with Crippen LogP contribution in [-0.4, -0.2) is 14.2 Å². The second kappa shape index (κ2) is 5.76. The van der Waals surface area contributed by atoms with Crippen molar-refractivity contribution < 1.29 is 9.47 Å². The maximum atomic E-state index is 5.54. The zero-order chi connectivity index (χ0) is 12.3. The van der Waals surface area contributed by atoms with Gasteiger partial charge in [-0.2, -0.15) is 0 Å². The van der Waals surface area contributed by atoms with Crippen LogP contribution in [0.3, 0.4) is 0 Å². The highest BCUT2D eigenvalue weighted by molar-refractivity contribution is 9.08. The summed E-state index contributed by atoms with van der Waals surface area (Å²) in [4.78, 5) is 0. The van der Waals surface area contributed by atoms with E-state index in [1.54, 1.807) is 14.2 Å². The molecule has 1 saturated carbocycles. The Bertz CT molecular complexity index is 359. The first kappa shape index (κ1) is 12.7. The zero-order valence-corrected chi connectivity index (χ0v) is 12.0. The van der Waals surface area contributed by atoms with E-state index in [9.17, 15) is 0 Å². The standard InChI is InChI=1S/C14H19BrO2/c1-16-12-7-10(9-15)8-13(17-2)14(12)11-5-3-4-6-11/h7-8,11H,3-6,9H2,1-2H3. The maximum absolute atomic E-state index is 5.54. The molecule has 94 valence electrons. The summed E-state index contributed by atoms with van der Waals surface area (Å²) in [7, 11) is 3.48. The van der Waals surface area contributed by atoms with Gasteiger partial charge in [0.05, 0.1) is 14.2 Å². The van der Waals surface area contributed by atoms with E-state index < -0.39 is 0 Å². The second-order valence-corrected chi connectivity index (χ2v) is 5.09. The molecule has 1 aliphatic rings. The number of ether oxygens (including phenoxy) is 2. The first-order valence-electron chi connectivity index (χ1n) is 6.11. The molecule has 0 amide bonds. The molecule has 0 saturated heterocycles. The Morgan fingerprint density at radius 2 is 1.65 bits per heavy atom. The van der Waals surface area contributed by atoms with Gasteiger partial charge in [-0.3, -0.25) is 0 Å². The molecule has 1 aromatic carbocycles. The van der Waals surface area contributed by atoms with Crippen molar-refractivity contribution in [2.45, 2.75) is 36.9 Å². The van der Waals surface area contributed by atoms with Crippen molar-refractivity contribution in [3.8, 4) is 11.5 Å². The van der Waals surface area contributed by atoms with Crippen molar-refractivity contribution in [2.75, 3.05) is 14.2 Å². The molecule has 0 N–H and O–H groups in total. The third kappa shape index (κ3) is 2.59. The van der Waals surface area contributed by atoms with Gasteiger partial charge in [-0.25, -0.2) is 0 Å². The van der Waals surface area contributed by atoms with Crippen LogP contribution < -0.4 is 9.47 Å². The van der Waals surface area contributed by atoms with Crippen LogP contribution in [0.4, 0.5) is 0 Å². The number of benzene rings is 1. The van der Waals surface area contributed by atoms with E-state index in [0.717, 1.165) is 16.8 Å². The Labute approximate surface area is 111 Å². The zero-order valence-electron chi connectivity index (χ0n) is 10.5. The molecule has 0 aliphatic heterocycles. The molecule has 0 atom stereocenters. The van der Waals surface area contributed by atoms with Gasteiger partial charge >= 0.3 is 0 Å². The predicted molar refractivity (Wildman–Crippen MR) is 73.4 cm³/mol. The highest BCUT2D eigenvalue weighted by atomic mass is 79.9. The van der Waals surface area contributed by atoms with Crippen LogP contribution in [0.5, 0.6) is 11.5 Å². The van der Waals surface area contributed by atoms with Crippen molar-refractivity contribution in [3.05, 3.63) is 23.3 Å². The van der Waals surface area contributed by atoms with Crippen molar-refractivity contribution in [3.63, 3.8) is 0 Å². The van der Waals surface area contributed by atoms with Crippen LogP contribution in [0.25, 0.3) is 0 Å². The number of rotatable bonds is 4. The van der Waals surface area contributed by atoms with E-state index in [1.165, 1.54) is 36.8 Å². The molecule has 3 heteroatoms. The minimum Gasteiger partial charge on any atom is -0.496 e. The van der Waals surface area contributed by atoms with E-state index in [-0.39, 0.29) is 0 Å². The molecule has 0 radical (unpaired) electrons. The van der Waals surface area contributed by atoms with Gasteiger partial charge in [0.1, 0.15) is 11.5 Å². The van der Waals surface area contributed by atoms with E-state index in [2.05, 4.69) is 28.1 Å². The summed E-state index contributed by atoms with van der Waals surface area (Å²) in [5, 5.41) is 0.824. The van der Waals surface area contributed by atoms with Crippen molar-refractivity contribution in [1.82, 2.24) is 0 Å². The Kier molecular flexibility index (Phi) is 4.32. The topological polar surface area (TPSA) is 18.5 Å². The summed E-state index contributed by atoms with van der Waals surface area (Å²) in [5.41, 5.74) is 2.46. The number of hydrogen-bond acceptors (Lipinski definition) is 2. The second-order valence-electron chi connectivity index (χ2n) is 4.53. The number of methoxy groups -OCH3 is 2. The SMILES string of the molecule is COc1cc(CBr)cc(OC)c1C1CCCC1. The minimum atomic E-state index is 0.601. The van der Waals surface area contributed by atoms with Crippen LogP contribution in [0.15, 0.2) is 12.1 Å². The molecule has 17 heavy (non-hydrogen) atoms. The molecule has 0 aromatic heterocycles. The number of hydrogen-bond donors (Lipinski definition) is 0.